The van der Waals surface area contributed by atoms with E-state index < -0.39 is 0 Å². The van der Waals surface area contributed by atoms with Crippen LogP contribution < -0.4 is 5.32 Å². The van der Waals surface area contributed by atoms with Crippen molar-refractivity contribution < 1.29 is 9.53 Å². The van der Waals surface area contributed by atoms with Crippen LogP contribution in [-0.2, 0) is 9.53 Å². The van der Waals surface area contributed by atoms with E-state index in [1.54, 1.807) is 0 Å². The molecule has 4 heteroatoms. The van der Waals surface area contributed by atoms with E-state index in [1.165, 1.54) is 12.8 Å². The van der Waals surface area contributed by atoms with Crippen molar-refractivity contribution >= 4 is 5.97 Å². The van der Waals surface area contributed by atoms with Crippen molar-refractivity contribution in [3.63, 3.8) is 0 Å². The fourth-order valence-corrected chi connectivity index (χ4v) is 2.82. The van der Waals surface area contributed by atoms with Gasteiger partial charge < -0.3 is 10.1 Å². The Hall–Kier alpha value is -0.610. The smallest absolute Gasteiger partial charge is 0.320 e. The van der Waals surface area contributed by atoms with Crippen molar-refractivity contribution in [2.75, 3.05) is 32.8 Å². The normalized spacial score (nSPS) is 29.0. The molecule has 2 unspecified atom stereocenters. The molecular weight excluding hydrogens is 216 g/mol. The number of carbonyl (C=O) groups excluding carboxylic acids is 1. The number of rotatable bonds is 5. The third-order valence-corrected chi connectivity index (χ3v) is 3.79. The number of carbonyl (C=O) groups is 1. The van der Waals surface area contributed by atoms with Crippen molar-refractivity contribution in [3.8, 4) is 0 Å². The lowest BCUT2D eigenvalue weighted by molar-refractivity contribution is -0.144. The first-order valence-electron chi connectivity index (χ1n) is 6.91. The summed E-state index contributed by atoms with van der Waals surface area (Å²) >= 11 is 0. The Balaban J connectivity index is 1.68. The lowest BCUT2D eigenvalue weighted by Crippen LogP contribution is -2.41. The zero-order valence-electron chi connectivity index (χ0n) is 10.8. The second-order valence-corrected chi connectivity index (χ2v) is 5.23. The Morgan fingerprint density at radius 1 is 1.47 bits per heavy atom. The van der Waals surface area contributed by atoms with E-state index in [0.717, 1.165) is 38.4 Å². The van der Waals surface area contributed by atoms with Gasteiger partial charge in [-0.3, -0.25) is 9.69 Å². The van der Waals surface area contributed by atoms with Crippen LogP contribution in [0.4, 0.5) is 0 Å². The number of nitrogens with zero attached hydrogens (tertiary/aromatic N) is 1. The summed E-state index contributed by atoms with van der Waals surface area (Å²) in [6.45, 7) is 6.35. The van der Waals surface area contributed by atoms with E-state index in [1.807, 2.05) is 0 Å². The van der Waals surface area contributed by atoms with Gasteiger partial charge in [0.2, 0.25) is 0 Å². The average Bonchev–Trinajstić information content (AvgIpc) is 2.71. The number of hydrogen-bond donors (Lipinski definition) is 1. The van der Waals surface area contributed by atoms with Gasteiger partial charge in [-0.1, -0.05) is 13.3 Å². The van der Waals surface area contributed by atoms with Crippen LogP contribution in [0.1, 0.15) is 32.6 Å². The van der Waals surface area contributed by atoms with Crippen molar-refractivity contribution in [1.29, 1.82) is 0 Å². The summed E-state index contributed by atoms with van der Waals surface area (Å²) in [5.41, 5.74) is 0. The molecule has 2 aliphatic rings. The van der Waals surface area contributed by atoms with Gasteiger partial charge in [0, 0.05) is 19.1 Å². The largest absolute Gasteiger partial charge is 0.465 e. The van der Waals surface area contributed by atoms with Crippen LogP contribution in [0.5, 0.6) is 0 Å². The Bertz CT molecular complexity index is 244. The minimum atomic E-state index is -0.0582. The highest BCUT2D eigenvalue weighted by atomic mass is 16.5. The van der Waals surface area contributed by atoms with E-state index in [9.17, 15) is 4.79 Å². The molecule has 2 rings (SSSR count). The monoisotopic (exact) mass is 240 g/mol. The third-order valence-electron chi connectivity index (χ3n) is 3.79. The molecule has 0 aromatic carbocycles. The molecular formula is C13H24N2O2. The number of nitrogens with one attached hydrogen (secondary N) is 1. The van der Waals surface area contributed by atoms with Crippen LogP contribution in [-0.4, -0.2) is 49.7 Å². The van der Waals surface area contributed by atoms with E-state index in [2.05, 4.69) is 17.1 Å². The second-order valence-electron chi connectivity index (χ2n) is 5.23. The van der Waals surface area contributed by atoms with Crippen LogP contribution in [0.2, 0.25) is 0 Å². The Labute approximate surface area is 104 Å². The molecule has 0 amide bonds. The first-order valence-corrected chi connectivity index (χ1v) is 6.91. The highest BCUT2D eigenvalue weighted by Gasteiger charge is 2.34. The quantitative estimate of drug-likeness (QED) is 0.575. The summed E-state index contributed by atoms with van der Waals surface area (Å²) in [6, 6.07) is 0.604. The molecule has 0 spiro atoms. The second kappa shape index (κ2) is 6.36. The summed E-state index contributed by atoms with van der Waals surface area (Å²) in [6.07, 6.45) is 4.62. The van der Waals surface area contributed by atoms with Crippen LogP contribution in [0.15, 0.2) is 0 Å². The van der Waals surface area contributed by atoms with Crippen molar-refractivity contribution in [2.45, 2.75) is 38.6 Å². The predicted molar refractivity (Wildman–Crippen MR) is 66.8 cm³/mol. The van der Waals surface area contributed by atoms with Gasteiger partial charge in [-0.25, -0.2) is 0 Å². The molecule has 4 nitrogen and oxygen atoms in total. The molecule has 17 heavy (non-hydrogen) atoms. The fraction of sp³-hybridized carbons (Fsp3) is 0.923. The van der Waals surface area contributed by atoms with E-state index in [0.29, 0.717) is 19.2 Å². The molecule has 2 atom stereocenters. The van der Waals surface area contributed by atoms with Gasteiger partial charge in [0.25, 0.3) is 0 Å². The molecule has 2 fully saturated rings. The zero-order chi connectivity index (χ0) is 12.1. The van der Waals surface area contributed by atoms with Gasteiger partial charge in [-0.15, -0.1) is 0 Å². The summed E-state index contributed by atoms with van der Waals surface area (Å²) in [5.74, 6) is 0.685. The number of unbranched alkanes of at least 4 members (excludes halogenated alkanes) is 1. The number of fused-ring (bicyclic) bond motifs is 1. The molecule has 1 N–H and O–H groups in total. The molecule has 0 aromatic heterocycles. The van der Waals surface area contributed by atoms with Gasteiger partial charge in [0.1, 0.15) is 0 Å². The van der Waals surface area contributed by atoms with Gasteiger partial charge in [0.15, 0.2) is 0 Å². The van der Waals surface area contributed by atoms with E-state index in [4.69, 9.17) is 4.74 Å². The Kier molecular flexibility index (Phi) is 4.80. The summed E-state index contributed by atoms with van der Waals surface area (Å²) < 4.78 is 5.20. The number of hydrogen-bond acceptors (Lipinski definition) is 4. The lowest BCUT2D eigenvalue weighted by Gasteiger charge is -2.24. The van der Waals surface area contributed by atoms with Gasteiger partial charge in [-0.05, 0) is 31.7 Å². The third kappa shape index (κ3) is 3.68. The number of piperidine rings is 1. The molecule has 98 valence electrons. The molecule has 0 saturated carbocycles. The summed E-state index contributed by atoms with van der Waals surface area (Å²) in [4.78, 5) is 13.8. The molecule has 0 aliphatic carbocycles. The van der Waals surface area contributed by atoms with Crippen LogP contribution in [0, 0.1) is 5.92 Å². The molecule has 0 bridgehead atoms. The van der Waals surface area contributed by atoms with Gasteiger partial charge in [-0.2, -0.15) is 0 Å². The molecule has 2 heterocycles. The molecule has 0 radical (unpaired) electrons. The maximum atomic E-state index is 11.6. The highest BCUT2D eigenvalue weighted by molar-refractivity contribution is 5.71. The van der Waals surface area contributed by atoms with Crippen molar-refractivity contribution in [1.82, 2.24) is 10.2 Å². The summed E-state index contributed by atoms with van der Waals surface area (Å²) in [7, 11) is 0. The number of likely N-dealkylation sites (tertiary alicyclic amines) is 1. The zero-order valence-corrected chi connectivity index (χ0v) is 10.8. The SMILES string of the molecule is CCCCOC(=O)CN1CC2CCCNC2C1. The first kappa shape index (κ1) is 12.8. The van der Waals surface area contributed by atoms with Gasteiger partial charge in [0.05, 0.1) is 13.2 Å². The van der Waals surface area contributed by atoms with Crippen molar-refractivity contribution in [2.24, 2.45) is 5.92 Å². The standard InChI is InChI=1S/C13H24N2O2/c1-2-3-7-17-13(16)10-15-8-11-5-4-6-14-12(11)9-15/h11-12,14H,2-10H2,1H3. The van der Waals surface area contributed by atoms with Crippen LogP contribution >= 0.6 is 0 Å². The van der Waals surface area contributed by atoms with Gasteiger partial charge >= 0.3 is 5.97 Å². The van der Waals surface area contributed by atoms with E-state index in [-0.39, 0.29) is 5.97 Å². The predicted octanol–water partition coefficient (Wildman–Crippen LogP) is 1.01. The lowest BCUT2D eigenvalue weighted by atomic mass is 9.94. The summed E-state index contributed by atoms with van der Waals surface area (Å²) in [5, 5.41) is 3.54. The molecule has 2 saturated heterocycles. The van der Waals surface area contributed by atoms with Crippen LogP contribution in [0.3, 0.4) is 0 Å². The van der Waals surface area contributed by atoms with Crippen molar-refractivity contribution in [3.05, 3.63) is 0 Å². The minimum Gasteiger partial charge on any atom is -0.465 e. The Morgan fingerprint density at radius 3 is 3.12 bits per heavy atom. The molecule has 2 aliphatic heterocycles. The highest BCUT2D eigenvalue weighted by Crippen LogP contribution is 2.24. The molecule has 0 aromatic rings. The first-order chi connectivity index (χ1) is 8.29. The maximum absolute atomic E-state index is 11.6. The maximum Gasteiger partial charge on any atom is 0.320 e. The number of esters is 1. The van der Waals surface area contributed by atoms with Crippen LogP contribution in [0.25, 0.3) is 0 Å². The van der Waals surface area contributed by atoms with E-state index >= 15 is 0 Å². The fourth-order valence-electron chi connectivity index (χ4n) is 2.82. The topological polar surface area (TPSA) is 41.6 Å². The number of ether oxygens (including phenoxy) is 1. The Morgan fingerprint density at radius 2 is 2.35 bits per heavy atom. The average molecular weight is 240 g/mol. The minimum absolute atomic E-state index is 0.0582.